The number of carbonyl (C=O) groups is 1. The fourth-order valence-electron chi connectivity index (χ4n) is 1.75. The third kappa shape index (κ3) is 3.42. The van der Waals surface area contributed by atoms with E-state index in [4.69, 9.17) is 4.74 Å². The van der Waals surface area contributed by atoms with Gasteiger partial charge in [0.1, 0.15) is 0 Å². The van der Waals surface area contributed by atoms with E-state index in [0.29, 0.717) is 18.3 Å². The summed E-state index contributed by atoms with van der Waals surface area (Å²) in [6.07, 6.45) is 0.931. The summed E-state index contributed by atoms with van der Waals surface area (Å²) in [5, 5.41) is 6.06. The molecule has 0 saturated carbocycles. The van der Waals surface area contributed by atoms with Gasteiger partial charge in [0, 0.05) is 13.7 Å². The average Bonchev–Trinajstić information content (AvgIpc) is 2.80. The van der Waals surface area contributed by atoms with Gasteiger partial charge in [0.05, 0.1) is 16.8 Å². The highest BCUT2D eigenvalue weighted by atomic mass is 32.1. The van der Waals surface area contributed by atoms with Gasteiger partial charge in [-0.2, -0.15) is 0 Å². The maximum atomic E-state index is 11.6. The van der Waals surface area contributed by atoms with Gasteiger partial charge >= 0.3 is 6.03 Å². The van der Waals surface area contributed by atoms with E-state index in [1.165, 1.54) is 16.9 Å². The number of nitrogens with zero attached hydrogens (tertiary/aromatic N) is 1. The molecule has 0 spiro atoms. The lowest BCUT2D eigenvalue weighted by Crippen LogP contribution is -2.31. The number of urea groups is 1. The SMILES string of the molecule is CCc1cccc2sc(NC(=O)NCCOC)nc12. The molecular weight excluding hydrogens is 262 g/mol. The summed E-state index contributed by atoms with van der Waals surface area (Å²) in [5.41, 5.74) is 2.17. The molecule has 0 saturated heterocycles. The Labute approximate surface area is 116 Å². The summed E-state index contributed by atoms with van der Waals surface area (Å²) < 4.78 is 5.95. The third-order valence-corrected chi connectivity index (χ3v) is 3.63. The molecule has 6 heteroatoms. The number of thiazole rings is 1. The van der Waals surface area contributed by atoms with E-state index in [0.717, 1.165) is 16.6 Å². The highest BCUT2D eigenvalue weighted by Crippen LogP contribution is 2.28. The lowest BCUT2D eigenvalue weighted by molar-refractivity contribution is 0.198. The Morgan fingerprint density at radius 1 is 1.47 bits per heavy atom. The van der Waals surface area contributed by atoms with Crippen molar-refractivity contribution in [1.29, 1.82) is 0 Å². The van der Waals surface area contributed by atoms with Crippen molar-refractivity contribution in [2.45, 2.75) is 13.3 Å². The van der Waals surface area contributed by atoms with Crippen LogP contribution in [0.5, 0.6) is 0 Å². The zero-order valence-corrected chi connectivity index (χ0v) is 11.8. The maximum Gasteiger partial charge on any atom is 0.321 e. The topological polar surface area (TPSA) is 63.2 Å². The molecule has 2 aromatic rings. The Hall–Kier alpha value is -1.66. The summed E-state index contributed by atoms with van der Waals surface area (Å²) in [6, 6.07) is 5.83. The lowest BCUT2D eigenvalue weighted by Gasteiger charge is -2.03. The van der Waals surface area contributed by atoms with Crippen LogP contribution in [0.15, 0.2) is 18.2 Å². The van der Waals surface area contributed by atoms with Crippen LogP contribution in [0.2, 0.25) is 0 Å². The zero-order valence-electron chi connectivity index (χ0n) is 11.0. The number of aryl methyl sites for hydroxylation is 1. The number of amides is 2. The normalized spacial score (nSPS) is 10.6. The van der Waals surface area contributed by atoms with Crippen molar-refractivity contribution in [3.63, 3.8) is 0 Å². The van der Waals surface area contributed by atoms with Crippen molar-refractivity contribution in [3.8, 4) is 0 Å². The fraction of sp³-hybridized carbons (Fsp3) is 0.385. The number of para-hydroxylation sites is 1. The van der Waals surface area contributed by atoms with Gasteiger partial charge in [-0.25, -0.2) is 9.78 Å². The van der Waals surface area contributed by atoms with Crippen molar-refractivity contribution in [2.24, 2.45) is 0 Å². The maximum absolute atomic E-state index is 11.6. The molecule has 2 N–H and O–H groups in total. The van der Waals surface area contributed by atoms with Gasteiger partial charge in [-0.1, -0.05) is 30.4 Å². The minimum Gasteiger partial charge on any atom is -0.383 e. The molecule has 0 aliphatic rings. The molecule has 1 aromatic carbocycles. The predicted molar refractivity (Wildman–Crippen MR) is 77.9 cm³/mol. The second kappa shape index (κ2) is 6.49. The molecule has 0 aliphatic carbocycles. The van der Waals surface area contributed by atoms with Crippen LogP contribution in [-0.4, -0.2) is 31.3 Å². The Morgan fingerprint density at radius 3 is 3.05 bits per heavy atom. The summed E-state index contributed by atoms with van der Waals surface area (Å²) in [7, 11) is 1.60. The first kappa shape index (κ1) is 13.8. The Balaban J connectivity index is 2.07. The van der Waals surface area contributed by atoms with Crippen LogP contribution in [0.1, 0.15) is 12.5 Å². The molecule has 0 aliphatic heterocycles. The van der Waals surface area contributed by atoms with Crippen molar-refractivity contribution in [2.75, 3.05) is 25.6 Å². The van der Waals surface area contributed by atoms with Gasteiger partial charge in [0.25, 0.3) is 0 Å². The standard InChI is InChI=1S/C13H17N3O2S/c1-3-9-5-4-6-10-11(9)15-13(19-10)16-12(17)14-7-8-18-2/h4-6H,3,7-8H2,1-2H3,(H2,14,15,16,17). The number of ether oxygens (including phenoxy) is 1. The first-order valence-electron chi connectivity index (χ1n) is 6.16. The molecular formula is C13H17N3O2S. The van der Waals surface area contributed by atoms with Crippen molar-refractivity contribution in [1.82, 2.24) is 10.3 Å². The van der Waals surface area contributed by atoms with Crippen LogP contribution >= 0.6 is 11.3 Å². The molecule has 2 rings (SSSR count). The molecule has 102 valence electrons. The average molecular weight is 279 g/mol. The number of fused-ring (bicyclic) bond motifs is 1. The van der Waals surface area contributed by atoms with Gasteiger partial charge < -0.3 is 10.1 Å². The molecule has 19 heavy (non-hydrogen) atoms. The first-order chi connectivity index (χ1) is 9.24. The largest absolute Gasteiger partial charge is 0.383 e. The van der Waals surface area contributed by atoms with Crippen LogP contribution in [0.25, 0.3) is 10.2 Å². The van der Waals surface area contributed by atoms with E-state index in [2.05, 4.69) is 28.6 Å². The van der Waals surface area contributed by atoms with E-state index in [1.54, 1.807) is 7.11 Å². The monoisotopic (exact) mass is 279 g/mol. The number of anilines is 1. The molecule has 0 radical (unpaired) electrons. The van der Waals surface area contributed by atoms with Gasteiger partial charge in [-0.15, -0.1) is 0 Å². The van der Waals surface area contributed by atoms with Gasteiger partial charge in [0.15, 0.2) is 5.13 Å². The number of hydrogen-bond donors (Lipinski definition) is 2. The number of hydrogen-bond acceptors (Lipinski definition) is 4. The van der Waals surface area contributed by atoms with E-state index in [9.17, 15) is 4.79 Å². The van der Waals surface area contributed by atoms with Gasteiger partial charge in [0.2, 0.25) is 0 Å². The highest BCUT2D eigenvalue weighted by Gasteiger charge is 2.09. The van der Waals surface area contributed by atoms with Crippen LogP contribution in [0.3, 0.4) is 0 Å². The number of rotatable bonds is 5. The molecule has 0 bridgehead atoms. The Bertz CT molecular complexity index is 568. The molecule has 5 nitrogen and oxygen atoms in total. The van der Waals surface area contributed by atoms with Crippen molar-refractivity contribution in [3.05, 3.63) is 23.8 Å². The lowest BCUT2D eigenvalue weighted by atomic mass is 10.1. The quantitative estimate of drug-likeness (QED) is 0.827. The minimum atomic E-state index is -0.255. The predicted octanol–water partition coefficient (Wildman–Crippen LogP) is 2.63. The van der Waals surface area contributed by atoms with Gasteiger partial charge in [-0.3, -0.25) is 5.32 Å². The number of methoxy groups -OCH3 is 1. The van der Waals surface area contributed by atoms with Crippen molar-refractivity contribution >= 4 is 32.7 Å². The second-order valence-electron chi connectivity index (χ2n) is 4.01. The molecule has 1 aromatic heterocycles. The fourth-order valence-corrected chi connectivity index (χ4v) is 2.66. The first-order valence-corrected chi connectivity index (χ1v) is 6.98. The molecule has 2 amide bonds. The van der Waals surface area contributed by atoms with E-state index in [1.807, 2.05) is 12.1 Å². The van der Waals surface area contributed by atoms with Crippen LogP contribution in [0, 0.1) is 0 Å². The van der Waals surface area contributed by atoms with Crippen molar-refractivity contribution < 1.29 is 9.53 Å². The smallest absolute Gasteiger partial charge is 0.321 e. The molecule has 0 unspecified atom stereocenters. The Morgan fingerprint density at radius 2 is 2.32 bits per heavy atom. The number of carbonyl (C=O) groups excluding carboxylic acids is 1. The molecule has 0 atom stereocenters. The second-order valence-corrected chi connectivity index (χ2v) is 5.04. The zero-order chi connectivity index (χ0) is 13.7. The number of benzene rings is 1. The third-order valence-electron chi connectivity index (χ3n) is 2.70. The minimum absolute atomic E-state index is 0.255. The molecule has 1 heterocycles. The van der Waals surface area contributed by atoms with Crippen LogP contribution in [-0.2, 0) is 11.2 Å². The van der Waals surface area contributed by atoms with E-state index in [-0.39, 0.29) is 6.03 Å². The summed E-state index contributed by atoms with van der Waals surface area (Å²) in [6.45, 7) is 3.07. The van der Waals surface area contributed by atoms with E-state index >= 15 is 0 Å². The number of aromatic nitrogens is 1. The number of nitrogens with one attached hydrogen (secondary N) is 2. The summed E-state index contributed by atoms with van der Waals surface area (Å²) >= 11 is 1.48. The summed E-state index contributed by atoms with van der Waals surface area (Å²) in [5.74, 6) is 0. The van der Waals surface area contributed by atoms with Gasteiger partial charge in [-0.05, 0) is 18.1 Å². The van der Waals surface area contributed by atoms with Crippen LogP contribution in [0.4, 0.5) is 9.93 Å². The molecule has 0 fully saturated rings. The Kier molecular flexibility index (Phi) is 4.70. The van der Waals surface area contributed by atoms with Crippen LogP contribution < -0.4 is 10.6 Å². The highest BCUT2D eigenvalue weighted by molar-refractivity contribution is 7.22. The van der Waals surface area contributed by atoms with E-state index < -0.39 is 0 Å². The summed E-state index contributed by atoms with van der Waals surface area (Å²) in [4.78, 5) is 16.1.